The summed E-state index contributed by atoms with van der Waals surface area (Å²) >= 11 is 13.0. The second-order valence-electron chi connectivity index (χ2n) is 6.27. The fourth-order valence-corrected chi connectivity index (χ4v) is 3.53. The highest BCUT2D eigenvalue weighted by Crippen LogP contribution is 2.25. The van der Waals surface area contributed by atoms with E-state index in [1.54, 1.807) is 77.5 Å². The molecule has 0 aliphatic heterocycles. The fourth-order valence-electron chi connectivity index (χ4n) is 2.59. The number of hydrogen-bond donors (Lipinski definition) is 1. The molecule has 0 saturated carbocycles. The number of rotatable bonds is 7. The first-order chi connectivity index (χ1) is 15.1. The first kappa shape index (κ1) is 21.2. The van der Waals surface area contributed by atoms with Gasteiger partial charge in [0.15, 0.2) is 0 Å². The van der Waals surface area contributed by atoms with Crippen LogP contribution in [0.2, 0.25) is 10.0 Å². The Labute approximate surface area is 192 Å². The number of benzene rings is 3. The van der Waals surface area contributed by atoms with Gasteiger partial charge in [0, 0.05) is 15.7 Å². The van der Waals surface area contributed by atoms with E-state index in [1.807, 2.05) is 0 Å². The lowest BCUT2D eigenvalue weighted by Gasteiger charge is -2.08. The van der Waals surface area contributed by atoms with E-state index >= 15 is 0 Å². The molecule has 0 aliphatic carbocycles. The quantitative estimate of drug-likeness (QED) is 0.358. The molecule has 1 N–H and O–H groups in total. The highest BCUT2D eigenvalue weighted by atomic mass is 35.5. The molecule has 4 rings (SSSR count). The Bertz CT molecular complexity index is 1170. The molecule has 0 bridgehead atoms. The number of hydrogen-bond acceptors (Lipinski definition) is 6. The molecule has 10 heteroatoms. The molecule has 0 atom stereocenters. The van der Waals surface area contributed by atoms with Crippen molar-refractivity contribution in [3.63, 3.8) is 0 Å². The molecule has 0 unspecified atom stereocenters. The lowest BCUT2D eigenvalue weighted by Crippen LogP contribution is -2.14. The van der Waals surface area contributed by atoms with E-state index in [1.165, 1.54) is 11.8 Å². The van der Waals surface area contributed by atoms with Crippen LogP contribution in [0.4, 0.5) is 5.69 Å². The van der Waals surface area contributed by atoms with Crippen molar-refractivity contribution in [1.29, 1.82) is 0 Å². The summed E-state index contributed by atoms with van der Waals surface area (Å²) in [7, 11) is 0. The number of ether oxygens (including phenoxy) is 1. The van der Waals surface area contributed by atoms with Gasteiger partial charge in [-0.05, 0) is 83.2 Å². The molecule has 0 spiro atoms. The van der Waals surface area contributed by atoms with Crippen LogP contribution >= 0.6 is 35.0 Å². The minimum Gasteiger partial charge on any atom is -0.457 e. The number of carbonyl (C=O) groups is 1. The number of carbonyl (C=O) groups excluding carboxylic acids is 1. The van der Waals surface area contributed by atoms with Crippen LogP contribution in [0, 0.1) is 0 Å². The van der Waals surface area contributed by atoms with Crippen LogP contribution in [-0.4, -0.2) is 31.9 Å². The van der Waals surface area contributed by atoms with Crippen molar-refractivity contribution in [2.75, 3.05) is 11.1 Å². The number of halogens is 2. The second kappa shape index (κ2) is 9.82. The molecule has 1 heterocycles. The second-order valence-corrected chi connectivity index (χ2v) is 8.08. The third-order valence-corrected chi connectivity index (χ3v) is 5.46. The van der Waals surface area contributed by atoms with Gasteiger partial charge < -0.3 is 10.1 Å². The number of tetrazole rings is 1. The number of amides is 1. The summed E-state index contributed by atoms with van der Waals surface area (Å²) in [6, 6.07) is 21.3. The zero-order chi connectivity index (χ0) is 21.6. The Morgan fingerprint density at radius 1 is 0.903 bits per heavy atom. The average Bonchev–Trinajstić information content (AvgIpc) is 3.24. The van der Waals surface area contributed by atoms with Crippen molar-refractivity contribution in [1.82, 2.24) is 20.2 Å². The van der Waals surface area contributed by atoms with Crippen LogP contribution in [0.15, 0.2) is 78.0 Å². The lowest BCUT2D eigenvalue weighted by molar-refractivity contribution is -0.113. The van der Waals surface area contributed by atoms with Crippen molar-refractivity contribution in [2.24, 2.45) is 0 Å². The van der Waals surface area contributed by atoms with Crippen molar-refractivity contribution in [2.45, 2.75) is 5.16 Å². The van der Waals surface area contributed by atoms with Crippen LogP contribution in [0.25, 0.3) is 5.69 Å². The van der Waals surface area contributed by atoms with E-state index in [2.05, 4.69) is 20.8 Å². The largest absolute Gasteiger partial charge is 0.457 e. The van der Waals surface area contributed by atoms with E-state index in [-0.39, 0.29) is 11.7 Å². The molecular formula is C21H15Cl2N5O2S. The van der Waals surface area contributed by atoms with Crippen molar-refractivity contribution in [3.8, 4) is 17.2 Å². The summed E-state index contributed by atoms with van der Waals surface area (Å²) in [5.41, 5.74) is 1.42. The van der Waals surface area contributed by atoms with Gasteiger partial charge in [-0.25, -0.2) is 0 Å². The molecule has 156 valence electrons. The van der Waals surface area contributed by atoms with E-state index in [9.17, 15) is 4.79 Å². The van der Waals surface area contributed by atoms with Gasteiger partial charge >= 0.3 is 0 Å². The smallest absolute Gasteiger partial charge is 0.234 e. The fraction of sp³-hybridized carbons (Fsp3) is 0.0476. The highest BCUT2D eigenvalue weighted by Gasteiger charge is 2.12. The molecule has 7 nitrogen and oxygen atoms in total. The van der Waals surface area contributed by atoms with Crippen LogP contribution < -0.4 is 10.1 Å². The molecular weight excluding hydrogens is 457 g/mol. The topological polar surface area (TPSA) is 81.9 Å². The lowest BCUT2D eigenvalue weighted by atomic mass is 10.3. The zero-order valence-corrected chi connectivity index (χ0v) is 18.2. The van der Waals surface area contributed by atoms with Crippen molar-refractivity contribution >= 4 is 46.6 Å². The summed E-state index contributed by atoms with van der Waals surface area (Å²) in [6.07, 6.45) is 0. The van der Waals surface area contributed by atoms with Crippen LogP contribution in [-0.2, 0) is 4.79 Å². The Hall–Kier alpha value is -3.07. The highest BCUT2D eigenvalue weighted by molar-refractivity contribution is 7.99. The summed E-state index contributed by atoms with van der Waals surface area (Å²) in [5, 5.41) is 16.2. The maximum absolute atomic E-state index is 12.3. The summed E-state index contributed by atoms with van der Waals surface area (Å²) in [5.74, 6) is 1.30. The maximum atomic E-state index is 12.3. The van der Waals surface area contributed by atoms with Crippen LogP contribution in [0.3, 0.4) is 0 Å². The number of nitrogens with zero attached hydrogens (tertiary/aromatic N) is 4. The van der Waals surface area contributed by atoms with Gasteiger partial charge in [0.2, 0.25) is 11.1 Å². The SMILES string of the molecule is O=C(CSc1nnnn1-c1ccc(Cl)cc1)Nc1ccc(Oc2ccc(Cl)cc2)cc1. The van der Waals surface area contributed by atoms with Gasteiger partial charge in [-0.1, -0.05) is 35.0 Å². The Morgan fingerprint density at radius 3 is 2.13 bits per heavy atom. The molecule has 0 radical (unpaired) electrons. The minimum absolute atomic E-state index is 0.150. The third-order valence-electron chi connectivity index (χ3n) is 4.03. The van der Waals surface area contributed by atoms with Gasteiger partial charge in [-0.2, -0.15) is 4.68 Å². The Balaban J connectivity index is 1.32. The van der Waals surface area contributed by atoms with Crippen molar-refractivity contribution in [3.05, 3.63) is 82.8 Å². The van der Waals surface area contributed by atoms with E-state index < -0.39 is 0 Å². The van der Waals surface area contributed by atoms with Crippen molar-refractivity contribution < 1.29 is 9.53 Å². The predicted octanol–water partition coefficient (Wildman–Crippen LogP) is 5.49. The summed E-state index contributed by atoms with van der Waals surface area (Å²) in [6.45, 7) is 0. The monoisotopic (exact) mass is 471 g/mol. The Morgan fingerprint density at radius 2 is 1.48 bits per heavy atom. The summed E-state index contributed by atoms with van der Waals surface area (Å²) < 4.78 is 7.30. The Kier molecular flexibility index (Phi) is 6.71. The summed E-state index contributed by atoms with van der Waals surface area (Å²) in [4.78, 5) is 12.3. The van der Waals surface area contributed by atoms with Gasteiger partial charge in [0.1, 0.15) is 11.5 Å². The minimum atomic E-state index is -0.179. The molecule has 1 amide bonds. The maximum Gasteiger partial charge on any atom is 0.234 e. The van der Waals surface area contributed by atoms with Gasteiger partial charge in [0.05, 0.1) is 11.4 Å². The number of aromatic nitrogens is 4. The first-order valence-electron chi connectivity index (χ1n) is 9.07. The van der Waals surface area contributed by atoms with Crippen LogP contribution in [0.1, 0.15) is 0 Å². The number of thioether (sulfide) groups is 1. The van der Waals surface area contributed by atoms with Gasteiger partial charge in [-0.15, -0.1) is 5.10 Å². The van der Waals surface area contributed by atoms with E-state index in [0.29, 0.717) is 32.4 Å². The molecule has 4 aromatic rings. The van der Waals surface area contributed by atoms with Gasteiger partial charge in [-0.3, -0.25) is 4.79 Å². The third kappa shape index (κ3) is 5.75. The molecule has 0 aliphatic rings. The van der Waals surface area contributed by atoms with Gasteiger partial charge in [0.25, 0.3) is 0 Å². The van der Waals surface area contributed by atoms with E-state index in [0.717, 1.165) is 5.69 Å². The molecule has 0 fully saturated rings. The molecule has 1 aromatic heterocycles. The number of nitrogens with one attached hydrogen (secondary N) is 1. The molecule has 31 heavy (non-hydrogen) atoms. The molecule has 3 aromatic carbocycles. The number of anilines is 1. The van der Waals surface area contributed by atoms with Crippen LogP contribution in [0.5, 0.6) is 11.5 Å². The standard InChI is InChI=1S/C21H15Cl2N5O2S/c22-14-1-7-17(8-2-14)28-21(25-26-27-28)31-13-20(29)24-16-5-11-19(12-6-16)30-18-9-3-15(23)4-10-18/h1-12H,13H2,(H,24,29). The zero-order valence-electron chi connectivity index (χ0n) is 15.9. The van der Waals surface area contributed by atoms with E-state index in [4.69, 9.17) is 27.9 Å². The predicted molar refractivity (Wildman–Crippen MR) is 121 cm³/mol. The normalized spacial score (nSPS) is 10.6. The first-order valence-corrected chi connectivity index (χ1v) is 10.8. The molecule has 0 saturated heterocycles. The average molecular weight is 472 g/mol.